The van der Waals surface area contributed by atoms with Crippen molar-refractivity contribution in [1.82, 2.24) is 4.90 Å². The van der Waals surface area contributed by atoms with Gasteiger partial charge < -0.3 is 15.4 Å². The molecular formula is C27H40N2O2. The molecule has 1 heterocycles. The molecule has 0 spiro atoms. The van der Waals surface area contributed by atoms with Crippen LogP contribution in [0.3, 0.4) is 0 Å². The van der Waals surface area contributed by atoms with E-state index in [2.05, 4.69) is 32.6 Å². The molecular weight excluding hydrogens is 384 g/mol. The summed E-state index contributed by atoms with van der Waals surface area (Å²) >= 11 is 0. The van der Waals surface area contributed by atoms with Crippen molar-refractivity contribution in [1.29, 1.82) is 0 Å². The van der Waals surface area contributed by atoms with Crippen LogP contribution in [-0.2, 0) is 4.79 Å². The SMILES string of the molecule is CCN1C(=O)CC[C@]2(C)C3CC[C@]4(C)C[C@@H](Oc5ccc(N)cc5)CC4C3C(C)CC12. The summed E-state index contributed by atoms with van der Waals surface area (Å²) in [6.45, 7) is 10.6. The summed E-state index contributed by atoms with van der Waals surface area (Å²) in [6, 6.07) is 8.32. The molecule has 3 saturated carbocycles. The number of carbonyl (C=O) groups is 1. The summed E-state index contributed by atoms with van der Waals surface area (Å²) in [6.07, 6.45) is 8.24. The monoisotopic (exact) mass is 424 g/mol. The maximum absolute atomic E-state index is 12.7. The highest BCUT2D eigenvalue weighted by atomic mass is 16.5. The van der Waals surface area contributed by atoms with E-state index in [0.29, 0.717) is 29.4 Å². The molecule has 3 aliphatic carbocycles. The van der Waals surface area contributed by atoms with Crippen LogP contribution in [0.5, 0.6) is 5.75 Å². The number of carbonyl (C=O) groups excluding carboxylic acids is 1. The fourth-order valence-corrected chi connectivity index (χ4v) is 8.53. The van der Waals surface area contributed by atoms with Crippen LogP contribution in [0.25, 0.3) is 0 Å². The van der Waals surface area contributed by atoms with Crippen LogP contribution in [0.2, 0.25) is 0 Å². The summed E-state index contributed by atoms with van der Waals surface area (Å²) < 4.78 is 6.47. The van der Waals surface area contributed by atoms with E-state index < -0.39 is 0 Å². The first kappa shape index (κ1) is 21.2. The molecule has 8 atom stereocenters. The fourth-order valence-electron chi connectivity index (χ4n) is 8.53. The zero-order valence-electron chi connectivity index (χ0n) is 19.8. The van der Waals surface area contributed by atoms with Crippen molar-refractivity contribution in [3.63, 3.8) is 0 Å². The Labute approximate surface area is 187 Å². The van der Waals surface area contributed by atoms with Gasteiger partial charge in [-0.3, -0.25) is 4.79 Å². The number of ether oxygens (including phenoxy) is 1. The van der Waals surface area contributed by atoms with Crippen molar-refractivity contribution in [2.75, 3.05) is 12.3 Å². The molecule has 0 aromatic heterocycles. The van der Waals surface area contributed by atoms with Gasteiger partial charge in [-0.1, -0.05) is 20.8 Å². The molecule has 1 aromatic carbocycles. The lowest BCUT2D eigenvalue weighted by Crippen LogP contribution is -2.63. The topological polar surface area (TPSA) is 55.6 Å². The number of nitrogen functional groups attached to an aromatic ring is 1. The Bertz CT molecular complexity index is 838. The zero-order valence-corrected chi connectivity index (χ0v) is 19.8. The van der Waals surface area contributed by atoms with E-state index in [-0.39, 0.29) is 5.41 Å². The Morgan fingerprint density at radius 1 is 1.13 bits per heavy atom. The molecule has 0 bridgehead atoms. The summed E-state index contributed by atoms with van der Waals surface area (Å²) in [5.74, 6) is 4.22. The maximum atomic E-state index is 12.7. The number of piperidine rings is 1. The van der Waals surface area contributed by atoms with Crippen molar-refractivity contribution in [3.05, 3.63) is 24.3 Å². The van der Waals surface area contributed by atoms with E-state index in [0.717, 1.165) is 55.0 Å². The van der Waals surface area contributed by atoms with Crippen molar-refractivity contribution in [3.8, 4) is 5.75 Å². The normalized spacial score (nSPS) is 44.4. The standard InChI is InChI=1S/C27H40N2O2/c1-5-29-23-14-17(2)25-21(27(23,4)13-11-24(29)30)10-12-26(3)16-20(15-22(25)26)31-19-8-6-18(28)7-9-19/h6-9,17,20-23,25H,5,10-16,28H2,1-4H3/t17?,20-,21?,22?,23?,25?,26+,27+/m0/s1. The molecule has 31 heavy (non-hydrogen) atoms. The number of anilines is 1. The van der Waals surface area contributed by atoms with Gasteiger partial charge in [-0.05, 0) is 104 Å². The summed E-state index contributed by atoms with van der Waals surface area (Å²) in [5, 5.41) is 0. The Morgan fingerprint density at radius 2 is 1.87 bits per heavy atom. The molecule has 4 aliphatic rings. The molecule has 0 radical (unpaired) electrons. The average Bonchev–Trinajstić information content (AvgIpc) is 3.07. The third kappa shape index (κ3) is 3.27. The van der Waals surface area contributed by atoms with E-state index in [9.17, 15) is 4.79 Å². The number of amides is 1. The molecule has 2 N–H and O–H groups in total. The van der Waals surface area contributed by atoms with E-state index in [1.165, 1.54) is 25.7 Å². The number of hydrogen-bond donors (Lipinski definition) is 1. The van der Waals surface area contributed by atoms with Crippen LogP contribution in [0.15, 0.2) is 24.3 Å². The number of nitrogens with two attached hydrogens (primary N) is 1. The minimum Gasteiger partial charge on any atom is -0.490 e. The summed E-state index contributed by atoms with van der Waals surface area (Å²) in [7, 11) is 0. The van der Waals surface area contributed by atoms with Crippen LogP contribution in [0, 0.1) is 34.5 Å². The molecule has 4 heteroatoms. The second-order valence-electron chi connectivity index (χ2n) is 11.6. The largest absolute Gasteiger partial charge is 0.490 e. The lowest BCUT2D eigenvalue weighted by Gasteiger charge is -2.63. The van der Waals surface area contributed by atoms with Crippen LogP contribution < -0.4 is 10.5 Å². The summed E-state index contributed by atoms with van der Waals surface area (Å²) in [4.78, 5) is 14.9. The number of hydrogen-bond acceptors (Lipinski definition) is 3. The van der Waals surface area contributed by atoms with Gasteiger partial charge in [0.1, 0.15) is 5.75 Å². The minimum absolute atomic E-state index is 0.276. The Balaban J connectivity index is 1.39. The number of benzene rings is 1. The predicted molar refractivity (Wildman–Crippen MR) is 125 cm³/mol. The predicted octanol–water partition coefficient (Wildman–Crippen LogP) is 5.52. The Hall–Kier alpha value is -1.71. The van der Waals surface area contributed by atoms with Gasteiger partial charge >= 0.3 is 0 Å². The zero-order chi connectivity index (χ0) is 22.0. The van der Waals surface area contributed by atoms with Gasteiger partial charge in [-0.25, -0.2) is 0 Å². The van der Waals surface area contributed by atoms with Crippen LogP contribution in [-0.4, -0.2) is 29.5 Å². The number of likely N-dealkylation sites (tertiary alicyclic amines) is 1. The Morgan fingerprint density at radius 3 is 2.58 bits per heavy atom. The first-order valence-electron chi connectivity index (χ1n) is 12.6. The number of nitrogens with zero attached hydrogens (tertiary/aromatic N) is 1. The van der Waals surface area contributed by atoms with E-state index >= 15 is 0 Å². The lowest BCUT2D eigenvalue weighted by atomic mass is 9.45. The highest BCUT2D eigenvalue weighted by Gasteiger charge is 2.62. The first-order valence-corrected chi connectivity index (χ1v) is 12.6. The molecule has 1 amide bonds. The van der Waals surface area contributed by atoms with E-state index in [1.807, 2.05) is 24.3 Å². The van der Waals surface area contributed by atoms with E-state index in [4.69, 9.17) is 10.5 Å². The molecule has 4 fully saturated rings. The van der Waals surface area contributed by atoms with Crippen molar-refractivity contribution in [2.45, 2.75) is 84.8 Å². The van der Waals surface area contributed by atoms with Gasteiger partial charge in [0.05, 0.1) is 6.10 Å². The lowest BCUT2D eigenvalue weighted by molar-refractivity contribution is -0.167. The molecule has 1 saturated heterocycles. The first-order chi connectivity index (χ1) is 14.7. The molecule has 170 valence electrons. The van der Waals surface area contributed by atoms with Crippen molar-refractivity contribution in [2.24, 2.45) is 34.5 Å². The fraction of sp³-hybridized carbons (Fsp3) is 0.741. The third-order valence-electron chi connectivity index (χ3n) is 10.0. The second kappa shape index (κ2) is 7.42. The quantitative estimate of drug-likeness (QED) is 0.650. The van der Waals surface area contributed by atoms with Gasteiger partial charge in [0, 0.05) is 24.7 Å². The van der Waals surface area contributed by atoms with Gasteiger partial charge in [0.25, 0.3) is 0 Å². The number of rotatable bonds is 3. The van der Waals surface area contributed by atoms with Crippen molar-refractivity contribution >= 4 is 11.6 Å². The minimum atomic E-state index is 0.276. The van der Waals surface area contributed by atoms with Crippen molar-refractivity contribution < 1.29 is 9.53 Å². The molecule has 5 unspecified atom stereocenters. The highest BCUT2D eigenvalue weighted by molar-refractivity contribution is 5.77. The highest BCUT2D eigenvalue weighted by Crippen LogP contribution is 2.66. The van der Waals surface area contributed by atoms with E-state index in [1.54, 1.807) is 0 Å². The molecule has 1 aliphatic heterocycles. The smallest absolute Gasteiger partial charge is 0.222 e. The van der Waals surface area contributed by atoms with Gasteiger partial charge in [-0.2, -0.15) is 0 Å². The van der Waals surface area contributed by atoms with Gasteiger partial charge in [0.15, 0.2) is 0 Å². The van der Waals surface area contributed by atoms with Gasteiger partial charge in [-0.15, -0.1) is 0 Å². The Kier molecular flexibility index (Phi) is 5.06. The molecule has 4 nitrogen and oxygen atoms in total. The summed E-state index contributed by atoms with van der Waals surface area (Å²) in [5.41, 5.74) is 7.30. The average molecular weight is 425 g/mol. The third-order valence-corrected chi connectivity index (χ3v) is 10.0. The second-order valence-corrected chi connectivity index (χ2v) is 11.6. The maximum Gasteiger partial charge on any atom is 0.222 e. The molecule has 5 rings (SSSR count). The number of fused-ring (bicyclic) bond motifs is 5. The van der Waals surface area contributed by atoms with Crippen LogP contribution in [0.4, 0.5) is 5.69 Å². The van der Waals surface area contributed by atoms with Gasteiger partial charge in [0.2, 0.25) is 5.91 Å². The van der Waals surface area contributed by atoms with Crippen LogP contribution >= 0.6 is 0 Å². The van der Waals surface area contributed by atoms with Crippen LogP contribution in [0.1, 0.15) is 72.6 Å². The molecule has 1 aromatic rings.